The summed E-state index contributed by atoms with van der Waals surface area (Å²) in [5, 5.41) is 6.09. The molecule has 3 rings (SSSR count). The molecule has 2 N–H and O–H groups in total. The maximum Gasteiger partial charge on any atom is 0.325 e. The van der Waals surface area contributed by atoms with Crippen molar-refractivity contribution >= 4 is 11.9 Å². The zero-order chi connectivity index (χ0) is 23.3. The number of urea groups is 1. The van der Waals surface area contributed by atoms with E-state index in [1.807, 2.05) is 51.1 Å². The Labute approximate surface area is 188 Å². The second-order valence-corrected chi connectivity index (χ2v) is 10.8. The quantitative estimate of drug-likeness (QED) is 0.706. The lowest BCUT2D eigenvalue weighted by Crippen LogP contribution is -2.44. The van der Waals surface area contributed by atoms with Crippen molar-refractivity contribution in [1.82, 2.24) is 20.4 Å². The van der Waals surface area contributed by atoms with E-state index in [0.717, 1.165) is 5.56 Å². The summed E-state index contributed by atoms with van der Waals surface area (Å²) in [5.74, 6) is -0.200. The van der Waals surface area contributed by atoms with E-state index in [1.54, 1.807) is 6.92 Å². The van der Waals surface area contributed by atoms with Gasteiger partial charge in [-0.3, -0.25) is 14.6 Å². The molecule has 1 unspecified atom stereocenters. The Kier molecular flexibility index (Phi) is 8.28. The van der Waals surface area contributed by atoms with Gasteiger partial charge < -0.3 is 10.6 Å². The predicted octanol–water partition coefficient (Wildman–Crippen LogP) is 4.11. The number of carbonyl (C=O) groups excluding carboxylic acids is 2. The topological polar surface area (TPSA) is 64.7 Å². The summed E-state index contributed by atoms with van der Waals surface area (Å²) in [6, 6.07) is 9.00. The number of nitrogens with one attached hydrogen (secondary N) is 2. The SMILES string of the molecule is CC(C)(C)N1CCCCC1.CC(C)(C)NCCN1C(=O)NC(C)(c2ccccc2)C1=O. The van der Waals surface area contributed by atoms with Crippen molar-refractivity contribution in [3.05, 3.63) is 35.9 Å². The number of nitrogens with zero attached hydrogens (tertiary/aromatic N) is 2. The molecular formula is C25H42N4O2. The molecule has 1 aromatic rings. The van der Waals surface area contributed by atoms with Crippen LogP contribution in [0.15, 0.2) is 30.3 Å². The molecule has 2 fully saturated rings. The summed E-state index contributed by atoms with van der Waals surface area (Å²) in [7, 11) is 0. The van der Waals surface area contributed by atoms with Crippen molar-refractivity contribution in [2.24, 2.45) is 0 Å². The van der Waals surface area contributed by atoms with Crippen molar-refractivity contribution in [1.29, 1.82) is 0 Å². The largest absolute Gasteiger partial charge is 0.325 e. The molecule has 3 amide bonds. The van der Waals surface area contributed by atoms with Crippen LogP contribution in [0.4, 0.5) is 4.79 Å². The highest BCUT2D eigenvalue weighted by molar-refractivity contribution is 6.07. The van der Waals surface area contributed by atoms with Crippen LogP contribution in [0.2, 0.25) is 0 Å². The van der Waals surface area contributed by atoms with E-state index >= 15 is 0 Å². The predicted molar refractivity (Wildman–Crippen MR) is 127 cm³/mol. The van der Waals surface area contributed by atoms with Crippen molar-refractivity contribution in [3.8, 4) is 0 Å². The lowest BCUT2D eigenvalue weighted by atomic mass is 9.92. The van der Waals surface area contributed by atoms with Crippen LogP contribution >= 0.6 is 0 Å². The van der Waals surface area contributed by atoms with Gasteiger partial charge in [0.25, 0.3) is 5.91 Å². The average molecular weight is 431 g/mol. The van der Waals surface area contributed by atoms with E-state index in [4.69, 9.17) is 0 Å². The Morgan fingerprint density at radius 2 is 1.55 bits per heavy atom. The number of carbonyl (C=O) groups is 2. The zero-order valence-corrected chi connectivity index (χ0v) is 20.5. The van der Waals surface area contributed by atoms with Crippen LogP contribution < -0.4 is 10.6 Å². The van der Waals surface area contributed by atoms with E-state index in [0.29, 0.717) is 18.6 Å². The van der Waals surface area contributed by atoms with Crippen molar-refractivity contribution in [2.75, 3.05) is 26.2 Å². The summed E-state index contributed by atoms with van der Waals surface area (Å²) >= 11 is 0. The van der Waals surface area contributed by atoms with Crippen LogP contribution in [0.3, 0.4) is 0 Å². The average Bonchev–Trinajstić information content (AvgIpc) is 2.92. The summed E-state index contributed by atoms with van der Waals surface area (Å²) in [6.07, 6.45) is 4.24. The molecule has 2 saturated heterocycles. The molecule has 2 aliphatic rings. The molecule has 1 atom stereocenters. The van der Waals surface area contributed by atoms with Gasteiger partial charge in [0.2, 0.25) is 0 Å². The number of hydrogen-bond donors (Lipinski definition) is 2. The highest BCUT2D eigenvalue weighted by Crippen LogP contribution is 2.28. The molecule has 0 saturated carbocycles. The first kappa shape index (κ1) is 25.3. The van der Waals surface area contributed by atoms with Gasteiger partial charge in [-0.15, -0.1) is 0 Å². The van der Waals surface area contributed by atoms with Crippen molar-refractivity contribution < 1.29 is 9.59 Å². The summed E-state index contributed by atoms with van der Waals surface area (Å²) in [6.45, 7) is 18.4. The summed E-state index contributed by atoms with van der Waals surface area (Å²) < 4.78 is 0. The fourth-order valence-electron chi connectivity index (χ4n) is 3.97. The van der Waals surface area contributed by atoms with Crippen LogP contribution in [0, 0.1) is 0 Å². The molecule has 174 valence electrons. The Hall–Kier alpha value is -1.92. The van der Waals surface area contributed by atoms with Crippen LogP contribution in [0.1, 0.15) is 73.3 Å². The lowest BCUT2D eigenvalue weighted by Gasteiger charge is -2.38. The number of rotatable bonds is 4. The van der Waals surface area contributed by atoms with E-state index in [1.165, 1.54) is 37.3 Å². The third kappa shape index (κ3) is 7.04. The minimum absolute atomic E-state index is 0.0397. The van der Waals surface area contributed by atoms with E-state index in [-0.39, 0.29) is 17.5 Å². The number of likely N-dealkylation sites (tertiary alicyclic amines) is 1. The summed E-state index contributed by atoms with van der Waals surface area (Å²) in [4.78, 5) is 28.6. The fourth-order valence-corrected chi connectivity index (χ4v) is 3.97. The van der Waals surface area contributed by atoms with Gasteiger partial charge >= 0.3 is 6.03 Å². The number of hydrogen-bond acceptors (Lipinski definition) is 4. The molecule has 0 spiro atoms. The molecule has 2 aliphatic heterocycles. The Morgan fingerprint density at radius 3 is 2.03 bits per heavy atom. The molecule has 0 aromatic heterocycles. The number of piperidine rings is 1. The zero-order valence-electron chi connectivity index (χ0n) is 20.5. The Bertz CT molecular complexity index is 730. The lowest BCUT2D eigenvalue weighted by molar-refractivity contribution is -0.131. The molecule has 0 aliphatic carbocycles. The smallest absolute Gasteiger partial charge is 0.319 e. The first-order chi connectivity index (χ1) is 14.3. The second-order valence-electron chi connectivity index (χ2n) is 10.8. The number of amides is 3. The standard InChI is InChI=1S/C16H23N3O2.C9H19N/c1-15(2,3)17-10-11-19-13(20)16(4,18-14(19)21)12-8-6-5-7-9-12;1-9(2,3)10-7-5-4-6-8-10/h5-9,17H,10-11H2,1-4H3,(H,18,21);4-8H2,1-3H3. The molecule has 31 heavy (non-hydrogen) atoms. The molecule has 0 bridgehead atoms. The molecule has 2 heterocycles. The van der Waals surface area contributed by atoms with E-state index < -0.39 is 5.54 Å². The van der Waals surface area contributed by atoms with Crippen molar-refractivity contribution in [2.45, 2.75) is 84.3 Å². The summed E-state index contributed by atoms with van der Waals surface area (Å²) in [5.41, 5.74) is 0.192. The second kappa shape index (κ2) is 10.1. The van der Waals surface area contributed by atoms with Crippen LogP contribution in [0.5, 0.6) is 0 Å². The minimum Gasteiger partial charge on any atom is -0.319 e. The number of imide groups is 1. The first-order valence-corrected chi connectivity index (χ1v) is 11.5. The minimum atomic E-state index is -0.972. The molecule has 1 aromatic carbocycles. The van der Waals surface area contributed by atoms with Gasteiger partial charge in [0, 0.05) is 24.2 Å². The van der Waals surface area contributed by atoms with Crippen molar-refractivity contribution in [3.63, 3.8) is 0 Å². The number of benzene rings is 1. The fraction of sp³-hybridized carbons (Fsp3) is 0.680. The Morgan fingerprint density at radius 1 is 0.968 bits per heavy atom. The van der Waals surface area contributed by atoms with Crippen LogP contribution in [-0.2, 0) is 10.3 Å². The monoisotopic (exact) mass is 430 g/mol. The van der Waals surface area contributed by atoms with Gasteiger partial charge in [-0.1, -0.05) is 36.8 Å². The van der Waals surface area contributed by atoms with Crippen LogP contribution in [-0.4, -0.2) is 59.0 Å². The maximum absolute atomic E-state index is 12.6. The third-order valence-corrected chi connectivity index (χ3v) is 5.92. The van der Waals surface area contributed by atoms with Gasteiger partial charge in [0.1, 0.15) is 5.54 Å². The first-order valence-electron chi connectivity index (χ1n) is 11.5. The Balaban J connectivity index is 0.000000285. The maximum atomic E-state index is 12.6. The molecule has 0 radical (unpaired) electrons. The van der Waals surface area contributed by atoms with E-state index in [9.17, 15) is 9.59 Å². The van der Waals surface area contributed by atoms with E-state index in [2.05, 4.69) is 36.3 Å². The van der Waals surface area contributed by atoms with Gasteiger partial charge in [-0.25, -0.2) is 4.79 Å². The molecular weight excluding hydrogens is 388 g/mol. The van der Waals surface area contributed by atoms with Gasteiger partial charge in [0.15, 0.2) is 0 Å². The highest BCUT2D eigenvalue weighted by Gasteiger charge is 2.48. The van der Waals surface area contributed by atoms with Gasteiger partial charge in [-0.2, -0.15) is 0 Å². The third-order valence-electron chi connectivity index (χ3n) is 5.92. The van der Waals surface area contributed by atoms with Gasteiger partial charge in [-0.05, 0) is 80.0 Å². The van der Waals surface area contributed by atoms with Crippen LogP contribution in [0.25, 0.3) is 0 Å². The molecule has 6 heteroatoms. The van der Waals surface area contributed by atoms with Gasteiger partial charge in [0.05, 0.1) is 0 Å². The normalized spacial score (nSPS) is 22.7. The molecule has 6 nitrogen and oxygen atoms in total. The highest BCUT2D eigenvalue weighted by atomic mass is 16.2.